The molecule has 2 aromatic carbocycles. The minimum atomic E-state index is -0.333. The van der Waals surface area contributed by atoms with Crippen molar-refractivity contribution < 1.29 is 9.53 Å². The lowest BCUT2D eigenvalue weighted by molar-refractivity contribution is 0.262. The van der Waals surface area contributed by atoms with Gasteiger partial charge in [-0.3, -0.25) is 4.68 Å². The molecule has 1 heterocycles. The number of hydrogen-bond acceptors (Lipinski definition) is 3. The fourth-order valence-electron chi connectivity index (χ4n) is 3.03. The van der Waals surface area contributed by atoms with E-state index >= 15 is 0 Å². The summed E-state index contributed by atoms with van der Waals surface area (Å²) in [5.41, 5.74) is 5.39. The lowest BCUT2D eigenvalue weighted by Crippen LogP contribution is -2.20. The molecular weight excluding hydrogens is 340 g/mol. The van der Waals surface area contributed by atoms with Crippen molar-refractivity contribution in [3.05, 3.63) is 71.0 Å². The average molecular weight is 364 g/mol. The summed E-state index contributed by atoms with van der Waals surface area (Å²) in [6.07, 6.45) is 0. The highest BCUT2D eigenvalue weighted by atomic mass is 16.5. The molecule has 0 saturated heterocycles. The van der Waals surface area contributed by atoms with Crippen LogP contribution in [0.2, 0.25) is 0 Å². The molecule has 27 heavy (non-hydrogen) atoms. The second-order valence-corrected chi connectivity index (χ2v) is 6.47. The molecule has 0 atom stereocenters. The van der Waals surface area contributed by atoms with Crippen molar-refractivity contribution in [2.75, 3.05) is 17.7 Å². The van der Waals surface area contributed by atoms with Crippen LogP contribution in [0.1, 0.15) is 22.5 Å². The Kier molecular flexibility index (Phi) is 5.45. The quantitative estimate of drug-likeness (QED) is 0.700. The molecule has 0 aliphatic carbocycles. The standard InChI is InChI=1S/C21H24N4O2/c1-14-8-7-9-17(12-14)13-25-16(3)20(15(2)24-25)23-21(26)22-18-10-5-6-11-19(18)27-4/h5-12H,13H2,1-4H3,(H2,22,23,26). The van der Waals surface area contributed by atoms with E-state index in [1.54, 1.807) is 19.2 Å². The maximum absolute atomic E-state index is 12.5. The molecule has 2 amide bonds. The third-order valence-corrected chi connectivity index (χ3v) is 4.39. The van der Waals surface area contributed by atoms with Gasteiger partial charge in [-0.25, -0.2) is 4.79 Å². The zero-order valence-electron chi connectivity index (χ0n) is 16.0. The van der Waals surface area contributed by atoms with Gasteiger partial charge in [0, 0.05) is 0 Å². The van der Waals surface area contributed by atoms with Gasteiger partial charge in [-0.05, 0) is 38.5 Å². The van der Waals surface area contributed by atoms with Crippen molar-refractivity contribution in [3.8, 4) is 5.75 Å². The summed E-state index contributed by atoms with van der Waals surface area (Å²) in [6.45, 7) is 6.57. The van der Waals surface area contributed by atoms with Crippen LogP contribution in [0.4, 0.5) is 16.2 Å². The number of carbonyl (C=O) groups is 1. The van der Waals surface area contributed by atoms with E-state index in [0.717, 1.165) is 17.1 Å². The maximum atomic E-state index is 12.5. The summed E-state index contributed by atoms with van der Waals surface area (Å²) in [5, 5.41) is 10.3. The summed E-state index contributed by atoms with van der Waals surface area (Å²) < 4.78 is 7.17. The first-order chi connectivity index (χ1) is 13.0. The number of anilines is 2. The first kappa shape index (κ1) is 18.5. The topological polar surface area (TPSA) is 68.2 Å². The Bertz CT molecular complexity index is 963. The van der Waals surface area contributed by atoms with Crippen molar-refractivity contribution in [1.29, 1.82) is 0 Å². The summed E-state index contributed by atoms with van der Waals surface area (Å²) in [6, 6.07) is 15.3. The minimum Gasteiger partial charge on any atom is -0.495 e. The van der Waals surface area contributed by atoms with Crippen LogP contribution in [0.25, 0.3) is 0 Å². The fourth-order valence-corrected chi connectivity index (χ4v) is 3.03. The number of rotatable bonds is 5. The zero-order valence-corrected chi connectivity index (χ0v) is 16.0. The predicted molar refractivity (Wildman–Crippen MR) is 108 cm³/mol. The van der Waals surface area contributed by atoms with E-state index in [2.05, 4.69) is 40.9 Å². The Morgan fingerprint density at radius 3 is 2.59 bits per heavy atom. The van der Waals surface area contributed by atoms with Crippen LogP contribution >= 0.6 is 0 Å². The van der Waals surface area contributed by atoms with Gasteiger partial charge in [-0.15, -0.1) is 0 Å². The Hall–Kier alpha value is -3.28. The highest BCUT2D eigenvalue weighted by Gasteiger charge is 2.15. The third-order valence-electron chi connectivity index (χ3n) is 4.39. The normalized spacial score (nSPS) is 10.5. The largest absolute Gasteiger partial charge is 0.495 e. The van der Waals surface area contributed by atoms with Gasteiger partial charge in [0.25, 0.3) is 0 Å². The average Bonchev–Trinajstić information content (AvgIpc) is 2.89. The molecule has 2 N–H and O–H groups in total. The van der Waals surface area contributed by atoms with Gasteiger partial charge in [0.2, 0.25) is 0 Å². The third kappa shape index (κ3) is 4.28. The highest BCUT2D eigenvalue weighted by Crippen LogP contribution is 2.24. The first-order valence-corrected chi connectivity index (χ1v) is 8.78. The smallest absolute Gasteiger partial charge is 0.323 e. The van der Waals surface area contributed by atoms with Gasteiger partial charge < -0.3 is 15.4 Å². The van der Waals surface area contributed by atoms with E-state index in [1.165, 1.54) is 11.1 Å². The summed E-state index contributed by atoms with van der Waals surface area (Å²) in [4.78, 5) is 12.5. The fraction of sp³-hybridized carbons (Fsp3) is 0.238. The number of aryl methyl sites for hydroxylation is 2. The van der Waals surface area contributed by atoms with Crippen LogP contribution in [0, 0.1) is 20.8 Å². The molecule has 3 aromatic rings. The van der Waals surface area contributed by atoms with Crippen LogP contribution < -0.4 is 15.4 Å². The summed E-state index contributed by atoms with van der Waals surface area (Å²) in [5.74, 6) is 0.608. The van der Waals surface area contributed by atoms with Crippen LogP contribution in [0.3, 0.4) is 0 Å². The molecule has 6 heteroatoms. The molecule has 0 saturated carbocycles. The van der Waals surface area contributed by atoms with E-state index in [1.807, 2.05) is 36.7 Å². The van der Waals surface area contributed by atoms with Gasteiger partial charge in [-0.1, -0.05) is 42.0 Å². The number of amides is 2. The van der Waals surface area contributed by atoms with Crippen LogP contribution in [-0.2, 0) is 6.54 Å². The Balaban J connectivity index is 1.75. The highest BCUT2D eigenvalue weighted by molar-refractivity contribution is 6.01. The van der Waals surface area contributed by atoms with Crippen molar-refractivity contribution >= 4 is 17.4 Å². The SMILES string of the molecule is COc1ccccc1NC(=O)Nc1c(C)nn(Cc2cccc(C)c2)c1C. The summed E-state index contributed by atoms with van der Waals surface area (Å²) in [7, 11) is 1.57. The molecule has 1 aromatic heterocycles. The number of methoxy groups -OCH3 is 1. The van der Waals surface area contributed by atoms with Gasteiger partial charge >= 0.3 is 6.03 Å². The lowest BCUT2D eigenvalue weighted by Gasteiger charge is -2.11. The van der Waals surface area contributed by atoms with E-state index in [0.29, 0.717) is 18.0 Å². The van der Waals surface area contributed by atoms with Crippen LogP contribution in [0.15, 0.2) is 48.5 Å². The molecule has 0 radical (unpaired) electrons. The molecule has 140 valence electrons. The molecule has 0 fully saturated rings. The van der Waals surface area contributed by atoms with Gasteiger partial charge in [0.15, 0.2) is 0 Å². The monoisotopic (exact) mass is 364 g/mol. The van der Waals surface area contributed by atoms with E-state index in [-0.39, 0.29) is 6.03 Å². The first-order valence-electron chi connectivity index (χ1n) is 8.78. The number of para-hydroxylation sites is 2. The van der Waals surface area contributed by atoms with Crippen molar-refractivity contribution in [2.45, 2.75) is 27.3 Å². The van der Waals surface area contributed by atoms with E-state index in [9.17, 15) is 4.79 Å². The number of nitrogens with zero attached hydrogens (tertiary/aromatic N) is 2. The molecule has 6 nitrogen and oxygen atoms in total. The van der Waals surface area contributed by atoms with Crippen molar-refractivity contribution in [1.82, 2.24) is 9.78 Å². The van der Waals surface area contributed by atoms with Crippen molar-refractivity contribution in [3.63, 3.8) is 0 Å². The molecular formula is C21H24N4O2. The molecule has 0 spiro atoms. The molecule has 0 aliphatic heterocycles. The Labute approximate surface area is 159 Å². The number of hydrogen-bond donors (Lipinski definition) is 2. The number of aromatic nitrogens is 2. The maximum Gasteiger partial charge on any atom is 0.323 e. The number of nitrogens with one attached hydrogen (secondary N) is 2. The number of benzene rings is 2. The molecule has 0 unspecified atom stereocenters. The number of carbonyl (C=O) groups excluding carboxylic acids is 1. The zero-order chi connectivity index (χ0) is 19.4. The molecule has 3 rings (SSSR count). The van der Waals surface area contributed by atoms with Crippen LogP contribution in [0.5, 0.6) is 5.75 Å². The number of urea groups is 1. The van der Waals surface area contributed by atoms with Crippen molar-refractivity contribution in [2.24, 2.45) is 0 Å². The molecule has 0 aliphatic rings. The Morgan fingerprint density at radius 2 is 1.85 bits per heavy atom. The Morgan fingerprint density at radius 1 is 1.07 bits per heavy atom. The number of ether oxygens (including phenoxy) is 1. The van der Waals surface area contributed by atoms with Gasteiger partial charge in [0.05, 0.1) is 36.4 Å². The summed E-state index contributed by atoms with van der Waals surface area (Å²) >= 11 is 0. The van der Waals surface area contributed by atoms with E-state index < -0.39 is 0 Å². The lowest BCUT2D eigenvalue weighted by atomic mass is 10.1. The molecule has 0 bridgehead atoms. The van der Waals surface area contributed by atoms with Crippen LogP contribution in [-0.4, -0.2) is 22.9 Å². The second-order valence-electron chi connectivity index (χ2n) is 6.47. The second kappa shape index (κ2) is 7.95. The predicted octanol–water partition coefficient (Wildman–Crippen LogP) is 4.51. The van der Waals surface area contributed by atoms with Gasteiger partial charge in [0.1, 0.15) is 5.75 Å². The van der Waals surface area contributed by atoms with Gasteiger partial charge in [-0.2, -0.15) is 5.10 Å². The van der Waals surface area contributed by atoms with E-state index in [4.69, 9.17) is 4.74 Å². The minimum absolute atomic E-state index is 0.333.